The van der Waals surface area contributed by atoms with Gasteiger partial charge in [0.25, 0.3) is 11.8 Å². The minimum absolute atomic E-state index is 0.0707. The molecular weight excluding hydrogens is 436 g/mol. The number of nitrogens with zero attached hydrogens (tertiary/aromatic N) is 5. The van der Waals surface area contributed by atoms with Gasteiger partial charge in [0.15, 0.2) is 5.65 Å². The van der Waals surface area contributed by atoms with E-state index in [1.807, 2.05) is 6.07 Å². The van der Waals surface area contributed by atoms with Crippen LogP contribution >= 0.6 is 0 Å². The van der Waals surface area contributed by atoms with Crippen LogP contribution in [0.25, 0.3) is 11.2 Å². The van der Waals surface area contributed by atoms with Gasteiger partial charge >= 0.3 is 0 Å². The lowest BCUT2D eigenvalue weighted by molar-refractivity contribution is 0.0677. The van der Waals surface area contributed by atoms with Crippen molar-refractivity contribution in [2.45, 2.75) is 31.8 Å². The Morgan fingerprint density at radius 3 is 2.94 bits per heavy atom. The molecule has 176 valence electrons. The van der Waals surface area contributed by atoms with Crippen LogP contribution in [0.2, 0.25) is 0 Å². The molecule has 0 radical (unpaired) electrons. The lowest BCUT2D eigenvalue weighted by atomic mass is 10.1. The van der Waals surface area contributed by atoms with E-state index in [4.69, 9.17) is 10.00 Å². The van der Waals surface area contributed by atoms with Gasteiger partial charge in [-0.1, -0.05) is 6.07 Å². The molecule has 1 fully saturated rings. The number of fused-ring (bicyclic) bond motifs is 1. The van der Waals surface area contributed by atoms with E-state index in [1.54, 1.807) is 40.8 Å². The number of anilines is 1. The largest absolute Gasteiger partial charge is 0.394 e. The molecule has 0 aliphatic carbocycles. The fraction of sp³-hybridized carbons (Fsp3) is 0.375. The van der Waals surface area contributed by atoms with Crippen molar-refractivity contribution in [1.29, 1.82) is 5.26 Å². The number of amides is 2. The normalized spacial score (nSPS) is 15.4. The molecule has 0 spiro atoms. The third kappa shape index (κ3) is 4.76. The first-order chi connectivity index (χ1) is 16.5. The number of hydrogen-bond acceptors (Lipinski definition) is 7. The topological polar surface area (TPSA) is 133 Å². The van der Waals surface area contributed by atoms with Crippen LogP contribution in [0, 0.1) is 11.3 Å². The maximum atomic E-state index is 13.0. The van der Waals surface area contributed by atoms with E-state index in [0.717, 1.165) is 12.8 Å². The summed E-state index contributed by atoms with van der Waals surface area (Å²) in [5.74, 6) is -0.302. The van der Waals surface area contributed by atoms with E-state index in [9.17, 15) is 14.7 Å². The Bertz CT molecular complexity index is 1250. The van der Waals surface area contributed by atoms with Crippen molar-refractivity contribution >= 4 is 28.9 Å². The first kappa shape index (κ1) is 23.4. The molecular formula is C24H26N6O4. The lowest BCUT2D eigenvalue weighted by Crippen LogP contribution is -2.37. The number of benzene rings is 1. The number of carbonyl (C=O) groups is 2. The highest BCUT2D eigenvalue weighted by atomic mass is 16.5. The highest BCUT2D eigenvalue weighted by molar-refractivity contribution is 6.04. The molecule has 2 N–H and O–H groups in total. The third-order valence-electron chi connectivity index (χ3n) is 5.89. The number of imidazole rings is 1. The Kier molecular flexibility index (Phi) is 7.15. The number of rotatable bonds is 8. The number of hydrogen-bond donors (Lipinski definition) is 2. The van der Waals surface area contributed by atoms with Crippen LogP contribution in [0.5, 0.6) is 0 Å². The second-order valence-electron chi connectivity index (χ2n) is 8.12. The molecule has 1 aromatic carbocycles. The second kappa shape index (κ2) is 10.4. The summed E-state index contributed by atoms with van der Waals surface area (Å²) < 4.78 is 6.93. The average Bonchev–Trinajstić information content (AvgIpc) is 3.48. The van der Waals surface area contributed by atoms with Gasteiger partial charge in [-0.25, -0.2) is 9.97 Å². The summed E-state index contributed by atoms with van der Waals surface area (Å²) in [5, 5.41) is 21.5. The minimum Gasteiger partial charge on any atom is -0.394 e. The maximum Gasteiger partial charge on any atom is 0.258 e. The Balaban J connectivity index is 1.65. The average molecular weight is 463 g/mol. The van der Waals surface area contributed by atoms with Crippen LogP contribution in [-0.4, -0.2) is 69.3 Å². The molecule has 10 heteroatoms. The number of aliphatic hydroxyl groups is 1. The molecule has 0 bridgehead atoms. The number of nitriles is 1. The van der Waals surface area contributed by atoms with Crippen LogP contribution in [0.3, 0.4) is 0 Å². The Morgan fingerprint density at radius 2 is 2.18 bits per heavy atom. The molecule has 3 heterocycles. The fourth-order valence-corrected chi connectivity index (χ4v) is 4.16. The summed E-state index contributed by atoms with van der Waals surface area (Å²) in [6.07, 6.45) is 3.80. The van der Waals surface area contributed by atoms with Gasteiger partial charge in [0, 0.05) is 38.6 Å². The molecule has 1 aliphatic heterocycles. The van der Waals surface area contributed by atoms with Crippen molar-refractivity contribution in [1.82, 2.24) is 19.4 Å². The van der Waals surface area contributed by atoms with Crippen LogP contribution in [0.1, 0.15) is 45.5 Å². The van der Waals surface area contributed by atoms with E-state index in [2.05, 4.69) is 15.3 Å². The summed E-state index contributed by atoms with van der Waals surface area (Å²) in [6, 6.07) is 9.90. The number of methoxy groups -OCH3 is 1. The number of nitrogens with one attached hydrogen (secondary N) is 1. The third-order valence-corrected chi connectivity index (χ3v) is 5.89. The molecule has 3 aromatic rings. The monoisotopic (exact) mass is 462 g/mol. The summed E-state index contributed by atoms with van der Waals surface area (Å²) in [6.45, 7) is 1.54. The van der Waals surface area contributed by atoms with Gasteiger partial charge in [-0.15, -0.1) is 0 Å². The van der Waals surface area contributed by atoms with Gasteiger partial charge < -0.3 is 14.7 Å². The second-order valence-corrected chi connectivity index (χ2v) is 8.12. The van der Waals surface area contributed by atoms with Crippen LogP contribution in [-0.2, 0) is 11.3 Å². The molecule has 2 aromatic heterocycles. The number of carbonyl (C=O) groups excluding carboxylic acids is 2. The van der Waals surface area contributed by atoms with Crippen molar-refractivity contribution in [3.63, 3.8) is 0 Å². The zero-order valence-electron chi connectivity index (χ0n) is 18.9. The summed E-state index contributed by atoms with van der Waals surface area (Å²) in [4.78, 5) is 36.6. The molecule has 10 nitrogen and oxygen atoms in total. The highest BCUT2D eigenvalue weighted by Gasteiger charge is 2.29. The number of aryl methyl sites for hydroxylation is 1. The van der Waals surface area contributed by atoms with Crippen LogP contribution < -0.4 is 5.32 Å². The summed E-state index contributed by atoms with van der Waals surface area (Å²) >= 11 is 0. The number of aliphatic hydroxyl groups excluding tert-OH is 1. The molecule has 1 atom stereocenters. The zero-order chi connectivity index (χ0) is 24.1. The zero-order valence-corrected chi connectivity index (χ0v) is 18.9. The SMILES string of the molecule is COCCCn1c(NC(=O)c2cccc(C#N)c2)nc2cc(C(=O)N3CCCC3CO)cnc21. The van der Waals surface area contributed by atoms with E-state index in [1.165, 1.54) is 12.3 Å². The highest BCUT2D eigenvalue weighted by Crippen LogP contribution is 2.24. The van der Waals surface area contributed by atoms with Gasteiger partial charge in [-0.2, -0.15) is 5.26 Å². The van der Waals surface area contributed by atoms with Crippen LogP contribution in [0.4, 0.5) is 5.95 Å². The standard InChI is InChI=1S/C24H26N6O4/c1-34-10-4-9-30-21-20(12-18(14-26-21)23(33)29-8-3-7-19(29)15-31)27-24(30)28-22(32)17-6-2-5-16(11-17)13-25/h2,5-6,11-12,14,19,31H,3-4,7-10,15H2,1H3,(H,27,28,32). The number of ether oxygens (including phenoxy) is 1. The van der Waals surface area contributed by atoms with Gasteiger partial charge in [-0.05, 0) is 43.5 Å². The molecule has 0 saturated carbocycles. The van der Waals surface area contributed by atoms with Gasteiger partial charge in [0.2, 0.25) is 5.95 Å². The van der Waals surface area contributed by atoms with E-state index < -0.39 is 5.91 Å². The summed E-state index contributed by atoms with van der Waals surface area (Å²) in [5.41, 5.74) is 2.11. The predicted molar refractivity (Wildman–Crippen MR) is 124 cm³/mol. The van der Waals surface area contributed by atoms with Crippen molar-refractivity contribution < 1.29 is 19.4 Å². The Labute approximate surface area is 196 Å². The molecule has 1 aliphatic rings. The number of aromatic nitrogens is 3. The first-order valence-corrected chi connectivity index (χ1v) is 11.1. The molecule has 2 amide bonds. The Morgan fingerprint density at radius 1 is 1.32 bits per heavy atom. The van der Waals surface area contributed by atoms with E-state index in [-0.39, 0.29) is 18.6 Å². The van der Waals surface area contributed by atoms with E-state index in [0.29, 0.717) is 59.9 Å². The van der Waals surface area contributed by atoms with Gasteiger partial charge in [0.1, 0.15) is 5.52 Å². The maximum absolute atomic E-state index is 13.0. The smallest absolute Gasteiger partial charge is 0.258 e. The van der Waals surface area contributed by atoms with Crippen molar-refractivity contribution in [2.24, 2.45) is 0 Å². The lowest BCUT2D eigenvalue weighted by Gasteiger charge is -2.22. The first-order valence-electron chi connectivity index (χ1n) is 11.1. The van der Waals surface area contributed by atoms with Crippen molar-refractivity contribution in [2.75, 3.05) is 32.2 Å². The minimum atomic E-state index is -0.403. The van der Waals surface area contributed by atoms with E-state index >= 15 is 0 Å². The molecule has 4 rings (SSSR count). The van der Waals surface area contributed by atoms with Crippen molar-refractivity contribution in [3.8, 4) is 6.07 Å². The van der Waals surface area contributed by atoms with Crippen molar-refractivity contribution in [3.05, 3.63) is 53.2 Å². The van der Waals surface area contributed by atoms with Gasteiger partial charge in [0.05, 0.1) is 29.8 Å². The molecule has 1 saturated heterocycles. The predicted octanol–water partition coefficient (Wildman–Crippen LogP) is 2.19. The molecule has 34 heavy (non-hydrogen) atoms. The quantitative estimate of drug-likeness (QED) is 0.490. The van der Waals surface area contributed by atoms with Crippen LogP contribution in [0.15, 0.2) is 36.5 Å². The van der Waals surface area contributed by atoms with Gasteiger partial charge in [-0.3, -0.25) is 19.5 Å². The number of pyridine rings is 1. The number of likely N-dealkylation sites (tertiary alicyclic amines) is 1. The Hall–Kier alpha value is -3.81. The molecule has 1 unspecified atom stereocenters. The fourth-order valence-electron chi connectivity index (χ4n) is 4.16. The summed E-state index contributed by atoms with van der Waals surface area (Å²) in [7, 11) is 1.62.